The van der Waals surface area contributed by atoms with E-state index in [1.807, 2.05) is 49.4 Å². The number of rotatable bonds is 21. The lowest BCUT2D eigenvalue weighted by Crippen LogP contribution is -2.70. The van der Waals surface area contributed by atoms with Crippen molar-refractivity contribution in [3.05, 3.63) is 115 Å². The van der Waals surface area contributed by atoms with Gasteiger partial charge in [-0.05, 0) is 128 Å². The van der Waals surface area contributed by atoms with Gasteiger partial charge in [-0.25, -0.2) is 8.42 Å². The van der Waals surface area contributed by atoms with Crippen LogP contribution in [0.4, 0.5) is 5.69 Å². The van der Waals surface area contributed by atoms with E-state index in [-0.39, 0.29) is 61.3 Å². The predicted octanol–water partition coefficient (Wildman–Crippen LogP) is 9.85. The number of carbonyl (C=O) groups is 1. The Morgan fingerprint density at radius 1 is 0.955 bits per heavy atom. The van der Waals surface area contributed by atoms with Crippen LogP contribution in [0.5, 0.6) is 17.2 Å². The number of allylic oxidation sites excluding steroid dienone is 1. The topological polar surface area (TPSA) is 165 Å². The highest BCUT2D eigenvalue weighted by atomic mass is 32.2. The van der Waals surface area contributed by atoms with Crippen LogP contribution in [-0.4, -0.2) is 85.6 Å². The minimum Gasteiger partial charge on any atom is -0.460 e. The standard InChI is InChI=1S/C53H65N3O10S/c1-4-27-56(67(60,61)43-24-20-40(21-25-43)54-36(3)59)49-35-47(55-66-50-18-10-13-31-62-50)45-33-39(16-8-11-28-57)44(17-9-12-29-58)51-46-34-42(64-41-22-19-37-14-6-7-15-38(37)32-41)23-26-48(46)65-53(49,52(45)51)63-30-5-2/h5-7,14-15,19-26,32-34,39,44,49-52,57-58H,2,4,8-13,16-18,27-31,35H2,1,3H3,(H,54,59)/t39-,44+,49-,50?,51+,52+,53+/m0/s1. The molecule has 67 heavy (non-hydrogen) atoms. The summed E-state index contributed by atoms with van der Waals surface area (Å²) < 4.78 is 59.3. The number of aliphatic hydroxyl groups excluding tert-OH is 2. The van der Waals surface area contributed by atoms with Crippen LogP contribution in [0.2, 0.25) is 0 Å². The van der Waals surface area contributed by atoms with Gasteiger partial charge in [0.25, 0.3) is 0 Å². The summed E-state index contributed by atoms with van der Waals surface area (Å²) in [6, 6.07) is 25.3. The van der Waals surface area contributed by atoms with Gasteiger partial charge >= 0.3 is 0 Å². The lowest BCUT2D eigenvalue weighted by atomic mass is 9.55. The third-order valence-corrected chi connectivity index (χ3v) is 15.5. The quantitative estimate of drug-likeness (QED) is 0.0416. The molecule has 0 bridgehead atoms. The average Bonchev–Trinajstić information content (AvgIpc) is 3.33. The molecule has 1 saturated carbocycles. The summed E-state index contributed by atoms with van der Waals surface area (Å²) in [4.78, 5) is 18.2. The summed E-state index contributed by atoms with van der Waals surface area (Å²) in [7, 11) is -4.27. The Kier molecular flexibility index (Phi) is 15.8. The fraction of sp³-hybridized carbons (Fsp3) is 0.472. The van der Waals surface area contributed by atoms with E-state index in [0.717, 1.165) is 60.4 Å². The Labute approximate surface area is 394 Å². The van der Waals surface area contributed by atoms with E-state index < -0.39 is 34.1 Å². The highest BCUT2D eigenvalue weighted by molar-refractivity contribution is 7.89. The molecule has 7 atom stereocenters. The average molecular weight is 936 g/mol. The van der Waals surface area contributed by atoms with E-state index in [1.165, 1.54) is 23.4 Å². The molecule has 8 rings (SSSR count). The van der Waals surface area contributed by atoms with Crippen LogP contribution in [0, 0.1) is 17.8 Å². The largest absolute Gasteiger partial charge is 0.460 e. The van der Waals surface area contributed by atoms with Gasteiger partial charge in [-0.2, -0.15) is 4.31 Å². The maximum Gasteiger partial charge on any atom is 0.243 e. The van der Waals surface area contributed by atoms with Crippen molar-refractivity contribution in [2.75, 3.05) is 38.3 Å². The van der Waals surface area contributed by atoms with Crippen molar-refractivity contribution in [2.24, 2.45) is 22.9 Å². The van der Waals surface area contributed by atoms with Crippen molar-refractivity contribution in [2.45, 2.75) is 113 Å². The van der Waals surface area contributed by atoms with Gasteiger partial charge in [-0.3, -0.25) is 4.79 Å². The molecule has 1 unspecified atom stereocenters. The second-order valence-corrected chi connectivity index (χ2v) is 20.0. The summed E-state index contributed by atoms with van der Waals surface area (Å²) in [5.74, 6) is -0.919. The number of fused-ring (bicyclic) bond motifs is 3. The van der Waals surface area contributed by atoms with Gasteiger partial charge < -0.3 is 39.3 Å². The van der Waals surface area contributed by atoms with Crippen LogP contribution in [-0.2, 0) is 29.1 Å². The number of ether oxygens (including phenoxy) is 4. The number of benzene rings is 4. The molecule has 4 aromatic rings. The van der Waals surface area contributed by atoms with Gasteiger partial charge in [0.2, 0.25) is 28.0 Å². The first-order valence-corrected chi connectivity index (χ1v) is 25.5. The van der Waals surface area contributed by atoms with Gasteiger partial charge in [-0.1, -0.05) is 67.4 Å². The van der Waals surface area contributed by atoms with Crippen LogP contribution < -0.4 is 14.8 Å². The van der Waals surface area contributed by atoms with Crippen LogP contribution in [0.1, 0.15) is 96.0 Å². The highest BCUT2D eigenvalue weighted by Gasteiger charge is 2.66. The van der Waals surface area contributed by atoms with Crippen molar-refractivity contribution in [3.8, 4) is 17.2 Å². The minimum absolute atomic E-state index is 0.0138. The van der Waals surface area contributed by atoms with Crippen molar-refractivity contribution in [1.29, 1.82) is 0 Å². The predicted molar refractivity (Wildman–Crippen MR) is 259 cm³/mol. The first-order valence-electron chi connectivity index (χ1n) is 24.0. The van der Waals surface area contributed by atoms with Crippen LogP contribution in [0.25, 0.3) is 10.8 Å². The zero-order chi connectivity index (χ0) is 47.0. The number of anilines is 1. The lowest BCUT2D eigenvalue weighted by molar-refractivity contribution is -0.251. The molecule has 2 fully saturated rings. The monoisotopic (exact) mass is 935 g/mol. The van der Waals surface area contributed by atoms with E-state index in [0.29, 0.717) is 60.9 Å². The Balaban J connectivity index is 1.33. The second-order valence-electron chi connectivity index (χ2n) is 18.1. The van der Waals surface area contributed by atoms with Gasteiger partial charge in [0.05, 0.1) is 35.8 Å². The summed E-state index contributed by atoms with van der Waals surface area (Å²) in [6.45, 7) is 8.27. The molecule has 14 heteroatoms. The number of hydrogen-bond donors (Lipinski definition) is 3. The minimum atomic E-state index is -4.27. The number of nitrogens with zero attached hydrogens (tertiary/aromatic N) is 2. The Morgan fingerprint density at radius 3 is 2.42 bits per heavy atom. The van der Waals surface area contributed by atoms with Gasteiger partial charge in [0, 0.05) is 56.7 Å². The van der Waals surface area contributed by atoms with Crippen molar-refractivity contribution < 1.29 is 47.2 Å². The maximum atomic E-state index is 15.3. The van der Waals surface area contributed by atoms with Crippen LogP contribution >= 0.6 is 0 Å². The van der Waals surface area contributed by atoms with E-state index in [4.69, 9.17) is 28.9 Å². The maximum absolute atomic E-state index is 15.3. The highest BCUT2D eigenvalue weighted by Crippen LogP contribution is 2.62. The Hall–Kier alpha value is -5.09. The molecule has 2 aliphatic heterocycles. The number of nitrogens with one attached hydrogen (secondary N) is 1. The third kappa shape index (κ3) is 10.5. The number of aliphatic hydroxyl groups is 2. The molecule has 1 saturated heterocycles. The fourth-order valence-electron chi connectivity index (χ4n) is 10.7. The molecule has 4 aliphatic rings. The smallest absolute Gasteiger partial charge is 0.243 e. The summed E-state index contributed by atoms with van der Waals surface area (Å²) in [5, 5.41) is 29.9. The number of oxime groups is 1. The third-order valence-electron chi connectivity index (χ3n) is 13.6. The number of sulfonamides is 1. The lowest BCUT2D eigenvalue weighted by Gasteiger charge is -2.59. The van der Waals surface area contributed by atoms with Gasteiger partial charge in [0.15, 0.2) is 0 Å². The van der Waals surface area contributed by atoms with Crippen molar-refractivity contribution in [1.82, 2.24) is 4.31 Å². The number of amides is 1. The van der Waals surface area contributed by atoms with E-state index in [9.17, 15) is 15.0 Å². The molecule has 2 heterocycles. The van der Waals surface area contributed by atoms with E-state index in [1.54, 1.807) is 18.2 Å². The molecule has 0 aromatic heterocycles. The summed E-state index contributed by atoms with van der Waals surface area (Å²) in [5.41, 5.74) is 2.85. The first-order chi connectivity index (χ1) is 32.6. The molecular weight excluding hydrogens is 871 g/mol. The molecule has 0 radical (unpaired) electrons. The molecule has 3 N–H and O–H groups in total. The molecule has 13 nitrogen and oxygen atoms in total. The van der Waals surface area contributed by atoms with Gasteiger partial charge in [-0.15, -0.1) is 6.58 Å². The molecule has 4 aromatic carbocycles. The molecule has 0 spiro atoms. The van der Waals surface area contributed by atoms with Crippen molar-refractivity contribution in [3.63, 3.8) is 0 Å². The zero-order valence-electron chi connectivity index (χ0n) is 38.7. The van der Waals surface area contributed by atoms with Crippen LogP contribution in [0.3, 0.4) is 0 Å². The SMILES string of the molecule is C=CCO[C@@]12Oc3ccc(Oc4ccc5ccccc5c4)cc3[C@H]3[C@H](CCCCO)[C@@H](CCCCO)C=C(C(=NOC4CCCCO4)C[C@@H]1N(CCC)S(=O)(=O)c1ccc(NC(C)=O)cc1)[C@H]32. The number of unbranched alkanes of at least 4 members (excludes halogenated alkanes) is 2. The Bertz CT molecular complexity index is 2520. The summed E-state index contributed by atoms with van der Waals surface area (Å²) >= 11 is 0. The Morgan fingerprint density at radius 2 is 1.70 bits per heavy atom. The molecule has 1 amide bonds. The fourth-order valence-corrected chi connectivity index (χ4v) is 12.4. The zero-order valence-corrected chi connectivity index (χ0v) is 39.5. The molecular formula is C53H65N3O10S. The second kappa shape index (κ2) is 21.9. The summed E-state index contributed by atoms with van der Waals surface area (Å²) in [6.07, 6.45) is 10.9. The molecule has 358 valence electrons. The van der Waals surface area contributed by atoms with E-state index >= 15 is 8.42 Å². The van der Waals surface area contributed by atoms with Gasteiger partial charge in [0.1, 0.15) is 17.2 Å². The number of hydrogen-bond acceptors (Lipinski definition) is 11. The molecule has 2 aliphatic carbocycles. The van der Waals surface area contributed by atoms with Crippen molar-refractivity contribution >= 4 is 38.1 Å². The first kappa shape index (κ1) is 48.4. The van der Waals surface area contributed by atoms with Crippen LogP contribution in [0.15, 0.2) is 119 Å². The number of carbonyl (C=O) groups excluding carboxylic acids is 1. The van der Waals surface area contributed by atoms with E-state index in [2.05, 4.69) is 36.2 Å². The normalized spacial score (nSPS) is 25.1.